The van der Waals surface area contributed by atoms with Crippen LogP contribution in [0.1, 0.15) is 22.6 Å². The lowest BCUT2D eigenvalue weighted by Crippen LogP contribution is -2.05. The van der Waals surface area contributed by atoms with Crippen LogP contribution in [0.5, 0.6) is 0 Å². The fourth-order valence-electron chi connectivity index (χ4n) is 2.68. The number of halogens is 2. The second-order valence-electron chi connectivity index (χ2n) is 5.48. The number of nitriles is 1. The van der Waals surface area contributed by atoms with Crippen molar-refractivity contribution in [3.63, 3.8) is 0 Å². The van der Waals surface area contributed by atoms with Gasteiger partial charge in [-0.25, -0.2) is 0 Å². The van der Waals surface area contributed by atoms with Crippen molar-refractivity contribution in [1.82, 2.24) is 14.8 Å². The van der Waals surface area contributed by atoms with E-state index in [9.17, 15) is 0 Å². The van der Waals surface area contributed by atoms with Gasteiger partial charge in [-0.2, -0.15) is 10.4 Å². The van der Waals surface area contributed by atoms with Crippen LogP contribution in [0.25, 0.3) is 11.1 Å². The van der Waals surface area contributed by atoms with Crippen molar-refractivity contribution >= 4 is 27.5 Å². The van der Waals surface area contributed by atoms with E-state index in [4.69, 9.17) is 16.9 Å². The fourth-order valence-corrected chi connectivity index (χ4v) is 3.14. The molecule has 2 aromatic heterocycles. The summed E-state index contributed by atoms with van der Waals surface area (Å²) in [5, 5.41) is 14.1. The van der Waals surface area contributed by atoms with E-state index in [1.54, 1.807) is 12.3 Å². The third-order valence-electron chi connectivity index (χ3n) is 3.86. The molecular formula is C18H14BrClN4. The van der Waals surface area contributed by atoms with Gasteiger partial charge in [-0.3, -0.25) is 9.67 Å². The van der Waals surface area contributed by atoms with Gasteiger partial charge in [-0.1, -0.05) is 17.7 Å². The zero-order valence-corrected chi connectivity index (χ0v) is 15.6. The first-order chi connectivity index (χ1) is 11.5. The Hall–Kier alpha value is -2.16. The predicted octanol–water partition coefficient (Wildman–Crippen LogP) is 4.90. The Kier molecular flexibility index (Phi) is 4.70. The van der Waals surface area contributed by atoms with Crippen molar-refractivity contribution in [3.8, 4) is 17.2 Å². The Bertz CT molecular complexity index is 939. The van der Waals surface area contributed by atoms with Crippen LogP contribution in [0.4, 0.5) is 0 Å². The highest BCUT2D eigenvalue weighted by atomic mass is 79.9. The topological polar surface area (TPSA) is 54.5 Å². The van der Waals surface area contributed by atoms with Gasteiger partial charge in [0.25, 0.3) is 0 Å². The molecule has 3 aromatic rings. The van der Waals surface area contributed by atoms with Crippen molar-refractivity contribution in [2.75, 3.05) is 0 Å². The monoisotopic (exact) mass is 400 g/mol. The average Bonchev–Trinajstić information content (AvgIpc) is 2.83. The number of nitrogens with zero attached hydrogens (tertiary/aromatic N) is 4. The van der Waals surface area contributed by atoms with Gasteiger partial charge in [0.15, 0.2) is 0 Å². The first kappa shape index (κ1) is 16.7. The highest BCUT2D eigenvalue weighted by Gasteiger charge is 2.15. The summed E-state index contributed by atoms with van der Waals surface area (Å²) in [6, 6.07) is 11.5. The van der Waals surface area contributed by atoms with Gasteiger partial charge in [-0.05, 0) is 59.6 Å². The minimum atomic E-state index is 0.455. The highest BCUT2D eigenvalue weighted by molar-refractivity contribution is 9.10. The van der Waals surface area contributed by atoms with E-state index in [1.165, 1.54) is 0 Å². The number of rotatable bonds is 3. The first-order valence-corrected chi connectivity index (χ1v) is 8.51. The molecule has 0 aliphatic heterocycles. The maximum absolute atomic E-state index is 9.02. The van der Waals surface area contributed by atoms with Gasteiger partial charge in [0, 0.05) is 21.9 Å². The standard InChI is InChI=1S/C18H14BrClN4/c1-11-18(13-3-4-14(8-21)17(20)7-13)12(2)24(23-11)10-16-6-5-15(19)9-22-16/h3-7,9H,10H2,1-2H3. The Balaban J connectivity index is 1.99. The van der Waals surface area contributed by atoms with Gasteiger partial charge in [0.2, 0.25) is 0 Å². The molecule has 0 amide bonds. The van der Waals surface area contributed by atoms with Crippen molar-refractivity contribution in [2.45, 2.75) is 20.4 Å². The van der Waals surface area contributed by atoms with Crippen LogP contribution in [0, 0.1) is 25.2 Å². The summed E-state index contributed by atoms with van der Waals surface area (Å²) in [4.78, 5) is 4.40. The van der Waals surface area contributed by atoms with Gasteiger partial charge in [0.1, 0.15) is 6.07 Å². The maximum atomic E-state index is 9.02. The molecule has 0 saturated carbocycles. The van der Waals surface area contributed by atoms with E-state index >= 15 is 0 Å². The van der Waals surface area contributed by atoms with Crippen molar-refractivity contribution < 1.29 is 0 Å². The number of aryl methyl sites for hydroxylation is 1. The number of benzene rings is 1. The van der Waals surface area contributed by atoms with E-state index in [2.05, 4.69) is 32.1 Å². The minimum Gasteiger partial charge on any atom is -0.263 e. The van der Waals surface area contributed by atoms with Crippen LogP contribution < -0.4 is 0 Å². The highest BCUT2D eigenvalue weighted by Crippen LogP contribution is 2.30. The van der Waals surface area contributed by atoms with Crippen molar-refractivity contribution in [1.29, 1.82) is 5.26 Å². The van der Waals surface area contributed by atoms with Crippen LogP contribution in [0.2, 0.25) is 5.02 Å². The van der Waals surface area contributed by atoms with Crippen LogP contribution in [0.3, 0.4) is 0 Å². The molecule has 0 bridgehead atoms. The summed E-state index contributed by atoms with van der Waals surface area (Å²) < 4.78 is 2.89. The lowest BCUT2D eigenvalue weighted by Gasteiger charge is -2.06. The van der Waals surface area contributed by atoms with E-state index in [0.717, 1.165) is 32.7 Å². The summed E-state index contributed by atoms with van der Waals surface area (Å²) in [7, 11) is 0. The Morgan fingerprint density at radius 2 is 2.04 bits per heavy atom. The molecular weight excluding hydrogens is 388 g/mol. The van der Waals surface area contributed by atoms with Crippen LogP contribution in [0.15, 0.2) is 41.0 Å². The molecule has 0 aliphatic rings. The molecule has 1 aromatic carbocycles. The predicted molar refractivity (Wildman–Crippen MR) is 97.9 cm³/mol. The molecule has 4 nitrogen and oxygen atoms in total. The largest absolute Gasteiger partial charge is 0.263 e. The summed E-state index contributed by atoms with van der Waals surface area (Å²) in [6.07, 6.45) is 1.78. The van der Waals surface area contributed by atoms with E-state index in [0.29, 0.717) is 17.1 Å². The molecule has 0 N–H and O–H groups in total. The van der Waals surface area contributed by atoms with Crippen molar-refractivity contribution in [3.05, 3.63) is 68.7 Å². The van der Waals surface area contributed by atoms with Crippen LogP contribution in [-0.4, -0.2) is 14.8 Å². The molecule has 0 radical (unpaired) electrons. The summed E-state index contributed by atoms with van der Waals surface area (Å²) in [5.74, 6) is 0. The zero-order valence-electron chi connectivity index (χ0n) is 13.2. The molecule has 0 spiro atoms. The second kappa shape index (κ2) is 6.76. The summed E-state index contributed by atoms with van der Waals surface area (Å²) in [6.45, 7) is 4.60. The molecule has 0 saturated heterocycles. The molecule has 6 heteroatoms. The number of hydrogen-bond acceptors (Lipinski definition) is 3. The van der Waals surface area contributed by atoms with Crippen molar-refractivity contribution in [2.24, 2.45) is 0 Å². The minimum absolute atomic E-state index is 0.455. The van der Waals surface area contributed by atoms with Gasteiger partial charge in [-0.15, -0.1) is 0 Å². The lowest BCUT2D eigenvalue weighted by molar-refractivity contribution is 0.647. The van der Waals surface area contributed by atoms with E-state index < -0.39 is 0 Å². The maximum Gasteiger partial charge on any atom is 0.101 e. The summed E-state index contributed by atoms with van der Waals surface area (Å²) >= 11 is 9.56. The SMILES string of the molecule is Cc1nn(Cc2ccc(Br)cn2)c(C)c1-c1ccc(C#N)c(Cl)c1. The van der Waals surface area contributed by atoms with Crippen LogP contribution >= 0.6 is 27.5 Å². The lowest BCUT2D eigenvalue weighted by atomic mass is 10.0. The second-order valence-corrected chi connectivity index (χ2v) is 6.80. The van der Waals surface area contributed by atoms with E-state index in [1.807, 2.05) is 42.8 Å². The molecule has 2 heterocycles. The third kappa shape index (κ3) is 3.21. The average molecular weight is 402 g/mol. The summed E-state index contributed by atoms with van der Waals surface area (Å²) in [5.41, 5.74) is 5.38. The quantitative estimate of drug-likeness (QED) is 0.627. The molecule has 0 unspecified atom stereocenters. The molecule has 0 fully saturated rings. The number of aromatic nitrogens is 3. The first-order valence-electron chi connectivity index (χ1n) is 7.34. The zero-order chi connectivity index (χ0) is 17.3. The Labute approximate surface area is 153 Å². The fraction of sp³-hybridized carbons (Fsp3) is 0.167. The van der Waals surface area contributed by atoms with E-state index in [-0.39, 0.29) is 0 Å². The molecule has 3 rings (SSSR count). The molecule has 0 atom stereocenters. The molecule has 120 valence electrons. The Morgan fingerprint density at radius 3 is 2.67 bits per heavy atom. The van der Waals surface area contributed by atoms with Gasteiger partial charge >= 0.3 is 0 Å². The normalized spacial score (nSPS) is 10.6. The molecule has 0 aliphatic carbocycles. The molecule has 24 heavy (non-hydrogen) atoms. The van der Waals surface area contributed by atoms with Crippen LogP contribution in [-0.2, 0) is 6.54 Å². The van der Waals surface area contributed by atoms with Gasteiger partial charge < -0.3 is 0 Å². The number of pyridine rings is 1. The number of hydrogen-bond donors (Lipinski definition) is 0. The smallest absolute Gasteiger partial charge is 0.101 e. The third-order valence-corrected chi connectivity index (χ3v) is 4.64. The van der Waals surface area contributed by atoms with Gasteiger partial charge in [0.05, 0.1) is 28.5 Å². The Morgan fingerprint density at radius 1 is 1.25 bits per heavy atom.